The van der Waals surface area contributed by atoms with Crippen molar-refractivity contribution in [3.8, 4) is 34.0 Å². The van der Waals surface area contributed by atoms with Crippen LogP contribution in [0, 0.1) is 11.2 Å². The Balaban J connectivity index is 1.09. The van der Waals surface area contributed by atoms with Gasteiger partial charge in [-0.05, 0) is 48.9 Å². The Labute approximate surface area is 237 Å². The minimum atomic E-state index is -1.31. The highest BCUT2D eigenvalue weighted by molar-refractivity contribution is 6.02. The summed E-state index contributed by atoms with van der Waals surface area (Å²) in [6.45, 7) is 3.05. The van der Waals surface area contributed by atoms with Gasteiger partial charge in [0.15, 0.2) is 0 Å². The van der Waals surface area contributed by atoms with Crippen molar-refractivity contribution in [3.63, 3.8) is 0 Å². The number of hydrogen-bond acceptors (Lipinski definition) is 6. The number of amides is 1. The third kappa shape index (κ3) is 5.37. The van der Waals surface area contributed by atoms with Gasteiger partial charge in [-0.15, -0.1) is 0 Å². The molecule has 1 aromatic heterocycles. The summed E-state index contributed by atoms with van der Waals surface area (Å²) in [4.78, 5) is 33.6. The maximum Gasteiger partial charge on any atom is 0.319 e. The Morgan fingerprint density at radius 1 is 0.878 bits per heavy atom. The fourth-order valence-electron chi connectivity index (χ4n) is 5.81. The summed E-state index contributed by atoms with van der Waals surface area (Å²) in [5.41, 5.74) is 2.32. The number of carbonyl (C=O) groups excluding carboxylic acids is 1. The lowest BCUT2D eigenvalue weighted by molar-refractivity contribution is -0.164. The van der Waals surface area contributed by atoms with Gasteiger partial charge in [-0.25, -0.2) is 4.39 Å². The molecule has 0 aliphatic carbocycles. The average Bonchev–Trinajstić information content (AvgIpc) is 3.71. The first kappa shape index (κ1) is 26.8. The first-order valence-electron chi connectivity index (χ1n) is 14.0. The molecule has 0 unspecified atom stereocenters. The SMILES string of the molecule is O=C(O)C1(C(=O)N2CCCC2)CCN(Cc2ccc(-c3noc(-c4ccc(-c5ccccc5)c(F)c4)n3)cc2)CC1. The van der Waals surface area contributed by atoms with Crippen LogP contribution in [0.4, 0.5) is 4.39 Å². The zero-order chi connectivity index (χ0) is 28.4. The predicted molar refractivity (Wildman–Crippen MR) is 151 cm³/mol. The molecule has 2 aliphatic heterocycles. The van der Waals surface area contributed by atoms with E-state index in [0.717, 1.165) is 29.5 Å². The molecule has 2 saturated heterocycles. The predicted octanol–water partition coefficient (Wildman–Crippen LogP) is 5.50. The maximum atomic E-state index is 14.8. The standard InChI is InChI=1S/C32H31FN4O4/c33-27-20-25(12-13-26(27)23-6-2-1-3-7-23)29-34-28(35-41-29)24-10-8-22(9-11-24)21-36-18-14-32(15-19-36,31(39)40)30(38)37-16-4-5-17-37/h1-3,6-13,20H,4-5,14-19,21H2,(H,39,40). The molecule has 210 valence electrons. The van der Waals surface area contributed by atoms with Crippen LogP contribution in [0.1, 0.15) is 31.2 Å². The van der Waals surface area contributed by atoms with Gasteiger partial charge in [-0.3, -0.25) is 14.5 Å². The number of carboxylic acids is 1. The van der Waals surface area contributed by atoms with E-state index in [1.807, 2.05) is 54.6 Å². The molecule has 4 aromatic rings. The van der Waals surface area contributed by atoms with Gasteiger partial charge in [0.25, 0.3) is 5.89 Å². The number of halogens is 1. The van der Waals surface area contributed by atoms with Crippen molar-refractivity contribution < 1.29 is 23.6 Å². The quantitative estimate of drug-likeness (QED) is 0.301. The van der Waals surface area contributed by atoms with Crippen molar-refractivity contribution in [2.75, 3.05) is 26.2 Å². The molecule has 0 bridgehead atoms. The minimum absolute atomic E-state index is 0.221. The molecular weight excluding hydrogens is 523 g/mol. The second-order valence-electron chi connectivity index (χ2n) is 10.8. The van der Waals surface area contributed by atoms with Crippen molar-refractivity contribution in [2.24, 2.45) is 5.41 Å². The maximum absolute atomic E-state index is 14.8. The third-order valence-corrected chi connectivity index (χ3v) is 8.27. The Bertz CT molecular complexity index is 1540. The van der Waals surface area contributed by atoms with Gasteiger partial charge in [0.1, 0.15) is 11.2 Å². The monoisotopic (exact) mass is 554 g/mol. The summed E-state index contributed by atoms with van der Waals surface area (Å²) < 4.78 is 20.3. The molecule has 6 rings (SSSR count). The Morgan fingerprint density at radius 3 is 2.22 bits per heavy atom. The van der Waals surface area contributed by atoms with Gasteiger partial charge in [0.05, 0.1) is 0 Å². The first-order chi connectivity index (χ1) is 19.9. The van der Waals surface area contributed by atoms with Crippen molar-refractivity contribution in [1.29, 1.82) is 0 Å². The van der Waals surface area contributed by atoms with E-state index in [0.29, 0.717) is 62.5 Å². The molecular formula is C32H31FN4O4. The fraction of sp³-hybridized carbons (Fsp3) is 0.312. The van der Waals surface area contributed by atoms with E-state index in [4.69, 9.17) is 4.52 Å². The number of carboxylic acid groups (broad SMARTS) is 1. The lowest BCUT2D eigenvalue weighted by Crippen LogP contribution is -2.53. The van der Waals surface area contributed by atoms with Gasteiger partial charge >= 0.3 is 5.97 Å². The summed E-state index contributed by atoms with van der Waals surface area (Å²) in [6.07, 6.45) is 2.51. The molecule has 1 N–H and O–H groups in total. The van der Waals surface area contributed by atoms with Gasteiger partial charge in [0.2, 0.25) is 11.7 Å². The largest absolute Gasteiger partial charge is 0.480 e. The summed E-state index contributed by atoms with van der Waals surface area (Å²) >= 11 is 0. The fourth-order valence-corrected chi connectivity index (χ4v) is 5.81. The molecule has 9 heteroatoms. The number of benzene rings is 3. The smallest absolute Gasteiger partial charge is 0.319 e. The number of aromatic nitrogens is 2. The van der Waals surface area contributed by atoms with E-state index in [9.17, 15) is 19.1 Å². The zero-order valence-corrected chi connectivity index (χ0v) is 22.6. The van der Waals surface area contributed by atoms with E-state index in [-0.39, 0.29) is 17.6 Å². The van der Waals surface area contributed by atoms with Crippen molar-refractivity contribution in [3.05, 3.63) is 84.2 Å². The second kappa shape index (κ2) is 11.2. The molecule has 3 heterocycles. The van der Waals surface area contributed by atoms with Crippen LogP contribution in [0.2, 0.25) is 0 Å². The Morgan fingerprint density at radius 2 is 1.56 bits per heavy atom. The second-order valence-corrected chi connectivity index (χ2v) is 10.8. The summed E-state index contributed by atoms with van der Waals surface area (Å²) in [5, 5.41) is 14.1. The van der Waals surface area contributed by atoms with Crippen LogP contribution in [0.3, 0.4) is 0 Å². The molecule has 0 atom stereocenters. The van der Waals surface area contributed by atoms with E-state index in [2.05, 4.69) is 15.0 Å². The number of likely N-dealkylation sites (tertiary alicyclic amines) is 2. The molecule has 8 nitrogen and oxygen atoms in total. The van der Waals surface area contributed by atoms with E-state index in [1.165, 1.54) is 6.07 Å². The van der Waals surface area contributed by atoms with E-state index < -0.39 is 11.4 Å². The van der Waals surface area contributed by atoms with Crippen LogP contribution < -0.4 is 0 Å². The molecule has 1 amide bonds. The molecule has 3 aromatic carbocycles. The summed E-state index contributed by atoms with van der Waals surface area (Å²) in [6, 6.07) is 22.0. The van der Waals surface area contributed by atoms with Crippen molar-refractivity contribution in [2.45, 2.75) is 32.2 Å². The Hall–Kier alpha value is -4.37. The van der Waals surface area contributed by atoms with Crippen LogP contribution >= 0.6 is 0 Å². The topological polar surface area (TPSA) is 99.8 Å². The lowest BCUT2D eigenvalue weighted by atomic mass is 9.77. The zero-order valence-electron chi connectivity index (χ0n) is 22.6. The van der Waals surface area contributed by atoms with Crippen LogP contribution in [0.5, 0.6) is 0 Å². The molecule has 0 radical (unpaired) electrons. The lowest BCUT2D eigenvalue weighted by Gasteiger charge is -2.39. The van der Waals surface area contributed by atoms with Crippen molar-refractivity contribution >= 4 is 11.9 Å². The summed E-state index contributed by atoms with van der Waals surface area (Å²) in [5.74, 6) is -0.949. The minimum Gasteiger partial charge on any atom is -0.480 e. The normalized spacial score (nSPS) is 17.0. The number of rotatable bonds is 7. The molecule has 41 heavy (non-hydrogen) atoms. The van der Waals surface area contributed by atoms with Gasteiger partial charge in [-0.1, -0.05) is 65.8 Å². The third-order valence-electron chi connectivity index (χ3n) is 8.27. The molecule has 2 fully saturated rings. The molecule has 2 aliphatic rings. The highest BCUT2D eigenvalue weighted by Gasteiger charge is 2.50. The number of piperidine rings is 1. The van der Waals surface area contributed by atoms with E-state index in [1.54, 1.807) is 17.0 Å². The molecule has 0 saturated carbocycles. The number of nitrogens with zero attached hydrogens (tertiary/aromatic N) is 4. The van der Waals surface area contributed by atoms with Crippen LogP contribution in [-0.4, -0.2) is 63.1 Å². The van der Waals surface area contributed by atoms with Crippen LogP contribution in [0.15, 0.2) is 77.3 Å². The molecule has 0 spiro atoms. The number of aliphatic carboxylic acids is 1. The van der Waals surface area contributed by atoms with Crippen molar-refractivity contribution in [1.82, 2.24) is 19.9 Å². The van der Waals surface area contributed by atoms with Crippen LogP contribution in [-0.2, 0) is 16.1 Å². The first-order valence-corrected chi connectivity index (χ1v) is 14.0. The van der Waals surface area contributed by atoms with Gasteiger partial charge in [0, 0.05) is 49.4 Å². The van der Waals surface area contributed by atoms with Gasteiger partial charge in [-0.2, -0.15) is 4.98 Å². The number of carbonyl (C=O) groups is 2. The average molecular weight is 555 g/mol. The number of hydrogen-bond donors (Lipinski definition) is 1. The van der Waals surface area contributed by atoms with Gasteiger partial charge < -0.3 is 14.5 Å². The summed E-state index contributed by atoms with van der Waals surface area (Å²) in [7, 11) is 0. The van der Waals surface area contributed by atoms with Crippen LogP contribution in [0.25, 0.3) is 34.0 Å². The highest BCUT2D eigenvalue weighted by Crippen LogP contribution is 2.36. The highest BCUT2D eigenvalue weighted by atomic mass is 19.1. The Kier molecular flexibility index (Phi) is 7.36. The van der Waals surface area contributed by atoms with E-state index >= 15 is 0 Å².